The van der Waals surface area contributed by atoms with Crippen molar-refractivity contribution in [2.45, 2.75) is 13.0 Å². The number of carboxylic acids is 1. The molecule has 1 aromatic carbocycles. The first-order valence-corrected chi connectivity index (χ1v) is 6.00. The number of carbonyl (C=O) groups excluding carboxylic acids is 2. The van der Waals surface area contributed by atoms with E-state index in [1.54, 1.807) is 0 Å². The van der Waals surface area contributed by atoms with E-state index in [1.807, 2.05) is 0 Å². The summed E-state index contributed by atoms with van der Waals surface area (Å²) in [6.07, 6.45) is 0. The fourth-order valence-electron chi connectivity index (χ4n) is 1.18. The maximum atomic E-state index is 11.5. The number of rotatable bonds is 4. The molecule has 8 heteroatoms. The number of hydrogen-bond donors (Lipinski definition) is 4. The fourth-order valence-corrected chi connectivity index (χ4v) is 1.65. The molecule has 1 aromatic rings. The average Bonchev–Trinajstić information content (AvgIpc) is 2.31. The fraction of sp³-hybridized carbons (Fsp3) is 0.182. The summed E-state index contributed by atoms with van der Waals surface area (Å²) in [4.78, 5) is 33.0. The van der Waals surface area contributed by atoms with Gasteiger partial charge in [0.1, 0.15) is 6.04 Å². The van der Waals surface area contributed by atoms with Crippen molar-refractivity contribution in [2.75, 3.05) is 5.32 Å². The summed E-state index contributed by atoms with van der Waals surface area (Å²) in [5.74, 6) is -1.73. The Morgan fingerprint density at radius 3 is 2.47 bits per heavy atom. The third kappa shape index (κ3) is 4.25. The second-order valence-corrected chi connectivity index (χ2v) is 4.58. The predicted octanol–water partition coefficient (Wildman–Crippen LogP) is 1.14. The van der Waals surface area contributed by atoms with Crippen molar-refractivity contribution in [3.05, 3.63) is 28.2 Å². The van der Waals surface area contributed by atoms with Crippen molar-refractivity contribution < 1.29 is 19.5 Å². The second-order valence-electron chi connectivity index (χ2n) is 3.72. The number of benzene rings is 1. The summed E-state index contributed by atoms with van der Waals surface area (Å²) in [6, 6.07) is 2.71. The van der Waals surface area contributed by atoms with E-state index in [1.165, 1.54) is 25.1 Å². The van der Waals surface area contributed by atoms with Gasteiger partial charge >= 0.3 is 12.0 Å². The number of nitrogens with two attached hydrogens (primary N) is 1. The Labute approximate surface area is 117 Å². The zero-order chi connectivity index (χ0) is 14.6. The molecule has 0 aliphatic rings. The normalized spacial score (nSPS) is 11.5. The molecule has 0 fully saturated rings. The van der Waals surface area contributed by atoms with Crippen LogP contribution in [-0.4, -0.2) is 29.1 Å². The lowest BCUT2D eigenvalue weighted by molar-refractivity contribution is -0.119. The molecule has 1 unspecified atom stereocenters. The van der Waals surface area contributed by atoms with Crippen LogP contribution in [0.4, 0.5) is 10.5 Å². The molecular weight excluding hydrogens is 318 g/mol. The maximum Gasteiger partial charge on any atom is 0.335 e. The highest BCUT2D eigenvalue weighted by atomic mass is 79.9. The van der Waals surface area contributed by atoms with Crippen LogP contribution in [0.5, 0.6) is 0 Å². The topological polar surface area (TPSA) is 122 Å². The van der Waals surface area contributed by atoms with E-state index in [-0.39, 0.29) is 5.56 Å². The SMILES string of the molecule is CC(NC(=O)Nc1ccc(C(=O)O)cc1Br)C(N)=O. The number of urea groups is 1. The molecule has 102 valence electrons. The summed E-state index contributed by atoms with van der Waals surface area (Å²) in [5.41, 5.74) is 5.47. The molecule has 0 aromatic heterocycles. The highest BCUT2D eigenvalue weighted by molar-refractivity contribution is 9.10. The van der Waals surface area contributed by atoms with Crippen molar-refractivity contribution in [1.82, 2.24) is 5.32 Å². The largest absolute Gasteiger partial charge is 0.478 e. The van der Waals surface area contributed by atoms with Gasteiger partial charge in [-0.15, -0.1) is 0 Å². The van der Waals surface area contributed by atoms with Gasteiger partial charge in [-0.05, 0) is 41.1 Å². The van der Waals surface area contributed by atoms with Crippen LogP contribution in [0, 0.1) is 0 Å². The Morgan fingerprint density at radius 1 is 1.37 bits per heavy atom. The third-order valence-corrected chi connectivity index (χ3v) is 2.89. The van der Waals surface area contributed by atoms with E-state index in [4.69, 9.17) is 10.8 Å². The first kappa shape index (κ1) is 15.0. The molecule has 7 nitrogen and oxygen atoms in total. The highest BCUT2D eigenvalue weighted by Crippen LogP contribution is 2.23. The average molecular weight is 330 g/mol. The lowest BCUT2D eigenvalue weighted by atomic mass is 10.2. The Morgan fingerprint density at radius 2 is 2.00 bits per heavy atom. The first-order valence-electron chi connectivity index (χ1n) is 5.21. The number of carboxylic acid groups (broad SMARTS) is 1. The Kier molecular flexibility index (Phi) is 4.87. The van der Waals surface area contributed by atoms with Crippen molar-refractivity contribution in [1.29, 1.82) is 0 Å². The predicted molar refractivity (Wildman–Crippen MR) is 71.9 cm³/mol. The minimum absolute atomic E-state index is 0.0864. The quantitative estimate of drug-likeness (QED) is 0.661. The number of aromatic carboxylic acids is 1. The zero-order valence-corrected chi connectivity index (χ0v) is 11.5. The standard InChI is InChI=1S/C11H12BrN3O4/c1-5(9(13)16)14-11(19)15-8-3-2-6(10(17)18)4-7(8)12/h2-5H,1H3,(H2,13,16)(H,17,18)(H2,14,15,19). The van der Waals surface area contributed by atoms with Crippen LogP contribution < -0.4 is 16.4 Å². The van der Waals surface area contributed by atoms with Crippen molar-refractivity contribution in [3.8, 4) is 0 Å². The van der Waals surface area contributed by atoms with Crippen LogP contribution >= 0.6 is 15.9 Å². The number of anilines is 1. The van der Waals surface area contributed by atoms with Crippen LogP contribution in [0.25, 0.3) is 0 Å². The molecule has 0 saturated carbocycles. The lowest BCUT2D eigenvalue weighted by Gasteiger charge is -2.12. The van der Waals surface area contributed by atoms with Crippen LogP contribution in [0.2, 0.25) is 0 Å². The van der Waals surface area contributed by atoms with E-state index < -0.39 is 23.9 Å². The van der Waals surface area contributed by atoms with E-state index in [9.17, 15) is 14.4 Å². The minimum atomic E-state index is -1.07. The molecule has 0 spiro atoms. The summed E-state index contributed by atoms with van der Waals surface area (Å²) in [5, 5.41) is 13.6. The minimum Gasteiger partial charge on any atom is -0.478 e. The van der Waals surface area contributed by atoms with Crippen molar-refractivity contribution >= 4 is 39.5 Å². The molecule has 3 amide bonds. The van der Waals surface area contributed by atoms with Gasteiger partial charge in [0.05, 0.1) is 11.3 Å². The molecule has 1 atom stereocenters. The van der Waals surface area contributed by atoms with Crippen molar-refractivity contribution in [3.63, 3.8) is 0 Å². The monoisotopic (exact) mass is 329 g/mol. The number of primary amides is 1. The van der Waals surface area contributed by atoms with Crippen LogP contribution in [0.15, 0.2) is 22.7 Å². The smallest absolute Gasteiger partial charge is 0.335 e. The summed E-state index contributed by atoms with van der Waals surface area (Å²) >= 11 is 3.14. The van der Waals surface area contributed by atoms with E-state index in [0.717, 1.165) is 0 Å². The Balaban J connectivity index is 2.75. The molecule has 0 aliphatic heterocycles. The first-order chi connectivity index (χ1) is 8.81. The summed E-state index contributed by atoms with van der Waals surface area (Å²) in [6.45, 7) is 1.45. The van der Waals surface area contributed by atoms with Gasteiger partial charge < -0.3 is 21.5 Å². The van der Waals surface area contributed by atoms with E-state index in [0.29, 0.717) is 10.2 Å². The van der Waals surface area contributed by atoms with Crippen LogP contribution in [0.3, 0.4) is 0 Å². The van der Waals surface area contributed by atoms with Crippen molar-refractivity contribution in [2.24, 2.45) is 5.73 Å². The highest BCUT2D eigenvalue weighted by Gasteiger charge is 2.13. The lowest BCUT2D eigenvalue weighted by Crippen LogP contribution is -2.44. The molecule has 0 aliphatic carbocycles. The van der Waals surface area contributed by atoms with Gasteiger partial charge in [-0.3, -0.25) is 4.79 Å². The summed E-state index contributed by atoms with van der Waals surface area (Å²) in [7, 11) is 0. The molecule has 0 bridgehead atoms. The van der Waals surface area contributed by atoms with Gasteiger partial charge in [0, 0.05) is 4.47 Å². The molecule has 0 heterocycles. The van der Waals surface area contributed by atoms with Crippen LogP contribution in [0.1, 0.15) is 17.3 Å². The van der Waals surface area contributed by atoms with Gasteiger partial charge in [0.25, 0.3) is 0 Å². The van der Waals surface area contributed by atoms with Crippen LogP contribution in [-0.2, 0) is 4.79 Å². The number of hydrogen-bond acceptors (Lipinski definition) is 3. The van der Waals surface area contributed by atoms with Gasteiger partial charge in [0.15, 0.2) is 0 Å². The third-order valence-electron chi connectivity index (χ3n) is 2.24. The molecule has 0 saturated heterocycles. The molecule has 0 radical (unpaired) electrons. The Hall–Kier alpha value is -2.09. The van der Waals surface area contributed by atoms with E-state index >= 15 is 0 Å². The molecular formula is C11H12BrN3O4. The van der Waals surface area contributed by atoms with E-state index in [2.05, 4.69) is 26.6 Å². The van der Waals surface area contributed by atoms with Gasteiger partial charge in [-0.2, -0.15) is 0 Å². The maximum absolute atomic E-state index is 11.5. The molecule has 19 heavy (non-hydrogen) atoms. The van der Waals surface area contributed by atoms with Gasteiger partial charge in [-0.25, -0.2) is 9.59 Å². The van der Waals surface area contributed by atoms with Gasteiger partial charge in [0.2, 0.25) is 5.91 Å². The number of amides is 3. The number of carbonyl (C=O) groups is 3. The Bertz CT molecular complexity index is 533. The second kappa shape index (κ2) is 6.19. The molecule has 5 N–H and O–H groups in total. The number of halogens is 1. The van der Waals surface area contributed by atoms with Gasteiger partial charge in [-0.1, -0.05) is 0 Å². The number of nitrogens with one attached hydrogen (secondary N) is 2. The molecule has 1 rings (SSSR count). The summed E-state index contributed by atoms with van der Waals surface area (Å²) < 4.78 is 0.411. The zero-order valence-electron chi connectivity index (χ0n) is 9.94.